The van der Waals surface area contributed by atoms with Crippen LogP contribution in [0.1, 0.15) is 0 Å². The zero-order chi connectivity index (χ0) is 16.4. The molecule has 0 unspecified atom stereocenters. The average Bonchev–Trinajstić information content (AvgIpc) is 2.45. The first kappa shape index (κ1) is 16.8. The van der Waals surface area contributed by atoms with Gasteiger partial charge in [-0.15, -0.1) is 0 Å². The summed E-state index contributed by atoms with van der Waals surface area (Å²) in [6.45, 7) is 0.439. The van der Waals surface area contributed by atoms with Gasteiger partial charge in [-0.05, 0) is 6.07 Å². The van der Waals surface area contributed by atoms with E-state index in [0.717, 1.165) is 12.3 Å². The Bertz CT molecular complexity index is 630. The maximum absolute atomic E-state index is 12.1. The van der Waals surface area contributed by atoms with Crippen molar-refractivity contribution in [1.29, 1.82) is 0 Å². The Balaban J connectivity index is 2.17. The zero-order valence-electron chi connectivity index (χ0n) is 11.4. The van der Waals surface area contributed by atoms with Crippen molar-refractivity contribution in [3.63, 3.8) is 0 Å². The van der Waals surface area contributed by atoms with Gasteiger partial charge in [-0.25, -0.2) is 18.1 Å². The highest BCUT2D eigenvalue weighted by atomic mass is 32.2. The van der Waals surface area contributed by atoms with Gasteiger partial charge in [0.05, 0.1) is 18.9 Å². The lowest BCUT2D eigenvalue weighted by molar-refractivity contribution is -0.121. The number of hydrogen-bond donors (Lipinski definition) is 2. The van der Waals surface area contributed by atoms with Crippen molar-refractivity contribution < 1.29 is 26.3 Å². The third-order valence-electron chi connectivity index (χ3n) is 2.95. The lowest BCUT2D eigenvalue weighted by atomic mass is 10.3. The second-order valence-corrected chi connectivity index (χ2v) is 6.39. The molecular formula is C11H15F3N4O3S. The molecule has 1 aromatic rings. The SMILES string of the molecule is Nc1cc(S(=O)(=O)NCC(F)(F)F)cnc1N1CCOCC1. The predicted octanol–water partition coefficient (Wildman–Crippen LogP) is 0.341. The summed E-state index contributed by atoms with van der Waals surface area (Å²) >= 11 is 0. The number of halogens is 3. The van der Waals surface area contributed by atoms with Crippen molar-refractivity contribution in [1.82, 2.24) is 9.71 Å². The average molecular weight is 340 g/mol. The van der Waals surface area contributed by atoms with Gasteiger partial charge in [-0.1, -0.05) is 0 Å². The summed E-state index contributed by atoms with van der Waals surface area (Å²) in [7, 11) is -4.32. The topological polar surface area (TPSA) is 97.5 Å². The molecule has 0 amide bonds. The zero-order valence-corrected chi connectivity index (χ0v) is 12.2. The Hall–Kier alpha value is -1.59. The van der Waals surface area contributed by atoms with Gasteiger partial charge in [0.15, 0.2) is 5.82 Å². The van der Waals surface area contributed by atoms with Gasteiger partial charge in [-0.3, -0.25) is 0 Å². The third-order valence-corrected chi connectivity index (χ3v) is 4.32. The number of hydrogen-bond acceptors (Lipinski definition) is 6. The van der Waals surface area contributed by atoms with Crippen molar-refractivity contribution in [3.05, 3.63) is 12.3 Å². The van der Waals surface area contributed by atoms with Crippen molar-refractivity contribution in [2.45, 2.75) is 11.1 Å². The van der Waals surface area contributed by atoms with Gasteiger partial charge >= 0.3 is 6.18 Å². The van der Waals surface area contributed by atoms with Crippen LogP contribution in [0, 0.1) is 0 Å². The fourth-order valence-electron chi connectivity index (χ4n) is 1.90. The minimum atomic E-state index is -4.64. The van der Waals surface area contributed by atoms with E-state index in [1.54, 1.807) is 0 Å². The molecule has 1 aromatic heterocycles. The van der Waals surface area contributed by atoms with Crippen LogP contribution in [-0.2, 0) is 14.8 Å². The Morgan fingerprint density at radius 1 is 1.36 bits per heavy atom. The van der Waals surface area contributed by atoms with E-state index in [1.165, 1.54) is 4.72 Å². The number of sulfonamides is 1. The first-order valence-electron chi connectivity index (χ1n) is 6.34. The number of nitrogens with two attached hydrogens (primary N) is 1. The number of morpholine rings is 1. The van der Waals surface area contributed by atoms with Crippen LogP contribution in [0.25, 0.3) is 0 Å². The highest BCUT2D eigenvalue weighted by Gasteiger charge is 2.30. The molecule has 0 bridgehead atoms. The molecule has 0 spiro atoms. The molecular weight excluding hydrogens is 325 g/mol. The van der Waals surface area contributed by atoms with Gasteiger partial charge < -0.3 is 15.4 Å². The molecule has 0 aliphatic carbocycles. The number of alkyl halides is 3. The van der Waals surface area contributed by atoms with Crippen LogP contribution in [0.3, 0.4) is 0 Å². The van der Waals surface area contributed by atoms with Gasteiger partial charge in [0.2, 0.25) is 10.0 Å². The van der Waals surface area contributed by atoms with E-state index in [2.05, 4.69) is 4.98 Å². The molecule has 2 rings (SSSR count). The second-order valence-electron chi connectivity index (χ2n) is 4.62. The van der Waals surface area contributed by atoms with Crippen molar-refractivity contribution in [3.8, 4) is 0 Å². The summed E-state index contributed by atoms with van der Waals surface area (Å²) in [6, 6.07) is 1.09. The number of pyridine rings is 1. The molecule has 7 nitrogen and oxygen atoms in total. The third kappa shape index (κ3) is 4.21. The molecule has 11 heteroatoms. The van der Waals surface area contributed by atoms with Crippen molar-refractivity contribution in [2.24, 2.45) is 0 Å². The highest BCUT2D eigenvalue weighted by molar-refractivity contribution is 7.89. The number of nitrogen functional groups attached to an aromatic ring is 1. The van der Waals surface area contributed by atoms with E-state index >= 15 is 0 Å². The minimum Gasteiger partial charge on any atom is -0.396 e. The Morgan fingerprint density at radius 2 is 2.00 bits per heavy atom. The second kappa shape index (κ2) is 6.26. The summed E-state index contributed by atoms with van der Waals surface area (Å²) in [4.78, 5) is 5.36. The predicted molar refractivity (Wildman–Crippen MR) is 72.9 cm³/mol. The van der Waals surface area contributed by atoms with E-state index < -0.39 is 27.6 Å². The van der Waals surface area contributed by atoms with Crippen molar-refractivity contribution in [2.75, 3.05) is 43.5 Å². The lowest BCUT2D eigenvalue weighted by Gasteiger charge is -2.28. The monoisotopic (exact) mass is 340 g/mol. The standard InChI is InChI=1S/C11H15F3N4O3S/c12-11(13,14)7-17-22(19,20)8-5-9(15)10(16-6-8)18-1-3-21-4-2-18/h5-6,17H,1-4,7,15H2. The van der Waals surface area contributed by atoms with Crippen LogP contribution in [0.2, 0.25) is 0 Å². The summed E-state index contributed by atoms with van der Waals surface area (Å²) < 4.78 is 66.5. The Labute approximate surface area is 125 Å². The van der Waals surface area contributed by atoms with Crippen molar-refractivity contribution >= 4 is 21.5 Å². The number of rotatable bonds is 4. The molecule has 0 radical (unpaired) electrons. The smallest absolute Gasteiger partial charge is 0.396 e. The van der Waals surface area contributed by atoms with Gasteiger partial charge in [-0.2, -0.15) is 13.2 Å². The van der Waals surface area contributed by atoms with Crippen LogP contribution in [-0.4, -0.2) is 52.4 Å². The molecule has 1 saturated heterocycles. The largest absolute Gasteiger partial charge is 0.402 e. The highest BCUT2D eigenvalue weighted by Crippen LogP contribution is 2.24. The van der Waals surface area contributed by atoms with E-state index in [4.69, 9.17) is 10.5 Å². The van der Waals surface area contributed by atoms with Gasteiger partial charge in [0.25, 0.3) is 0 Å². The van der Waals surface area contributed by atoms with Gasteiger partial charge in [0, 0.05) is 19.3 Å². The van der Waals surface area contributed by atoms with Crippen LogP contribution >= 0.6 is 0 Å². The fraction of sp³-hybridized carbons (Fsp3) is 0.545. The van der Waals surface area contributed by atoms with E-state index in [1.807, 2.05) is 4.90 Å². The molecule has 0 aromatic carbocycles. The Kier molecular flexibility index (Phi) is 4.78. The number of aromatic nitrogens is 1. The van der Waals surface area contributed by atoms with E-state index in [0.29, 0.717) is 32.1 Å². The first-order valence-corrected chi connectivity index (χ1v) is 7.82. The molecule has 22 heavy (non-hydrogen) atoms. The number of nitrogens with one attached hydrogen (secondary N) is 1. The fourth-order valence-corrected chi connectivity index (χ4v) is 2.89. The van der Waals surface area contributed by atoms with Crippen LogP contribution < -0.4 is 15.4 Å². The molecule has 2 heterocycles. The number of anilines is 2. The summed E-state index contributed by atoms with van der Waals surface area (Å²) in [5.74, 6) is 0.387. The summed E-state index contributed by atoms with van der Waals surface area (Å²) in [5, 5.41) is 0. The summed E-state index contributed by atoms with van der Waals surface area (Å²) in [6.07, 6.45) is -3.65. The molecule has 0 atom stereocenters. The molecule has 3 N–H and O–H groups in total. The molecule has 124 valence electrons. The molecule has 1 fully saturated rings. The lowest BCUT2D eigenvalue weighted by Crippen LogP contribution is -2.37. The normalized spacial score (nSPS) is 16.8. The van der Waals surface area contributed by atoms with E-state index in [-0.39, 0.29) is 5.69 Å². The van der Waals surface area contributed by atoms with Crippen LogP contribution in [0.15, 0.2) is 17.2 Å². The van der Waals surface area contributed by atoms with Gasteiger partial charge in [0.1, 0.15) is 11.4 Å². The van der Waals surface area contributed by atoms with Crippen LogP contribution in [0.5, 0.6) is 0 Å². The maximum Gasteiger partial charge on any atom is 0.402 e. The summed E-state index contributed by atoms with van der Waals surface area (Å²) in [5.41, 5.74) is 5.85. The number of ether oxygens (including phenoxy) is 1. The maximum atomic E-state index is 12.1. The molecule has 1 aliphatic heterocycles. The quantitative estimate of drug-likeness (QED) is 0.820. The van der Waals surface area contributed by atoms with E-state index in [9.17, 15) is 21.6 Å². The Morgan fingerprint density at radius 3 is 2.55 bits per heavy atom. The first-order chi connectivity index (χ1) is 10.2. The minimum absolute atomic E-state index is 0.0804. The number of nitrogens with zero attached hydrogens (tertiary/aromatic N) is 2. The van der Waals surface area contributed by atoms with Crippen LogP contribution in [0.4, 0.5) is 24.7 Å². The molecule has 0 saturated carbocycles. The molecule has 1 aliphatic rings.